The van der Waals surface area contributed by atoms with Crippen LogP contribution in [0.25, 0.3) is 10.8 Å². The number of nitrogens with one attached hydrogen (secondary N) is 1. The molecule has 2 nitrogen and oxygen atoms in total. The molecule has 2 aromatic rings. The summed E-state index contributed by atoms with van der Waals surface area (Å²) >= 11 is 0. The van der Waals surface area contributed by atoms with Gasteiger partial charge < -0.3 is 5.32 Å². The van der Waals surface area contributed by atoms with Gasteiger partial charge in [-0.25, -0.2) is 0 Å². The molecule has 98 valence electrons. The minimum absolute atomic E-state index is 0.0162. The summed E-state index contributed by atoms with van der Waals surface area (Å²) in [7, 11) is 0. The summed E-state index contributed by atoms with van der Waals surface area (Å²) in [6, 6.07) is 13.8. The molecule has 0 atom stereocenters. The van der Waals surface area contributed by atoms with E-state index in [9.17, 15) is 4.79 Å². The zero-order valence-corrected chi connectivity index (χ0v) is 11.6. The number of hydrogen-bond acceptors (Lipinski definition) is 2. The van der Waals surface area contributed by atoms with Crippen molar-refractivity contribution in [2.45, 2.75) is 26.3 Å². The minimum atomic E-state index is -0.0276. The Bertz CT molecular complexity index is 620. The Kier molecular flexibility index (Phi) is 3.70. The lowest BCUT2D eigenvalue weighted by Gasteiger charge is -2.18. The Morgan fingerprint density at radius 1 is 1.05 bits per heavy atom. The van der Waals surface area contributed by atoms with E-state index in [2.05, 4.69) is 26.1 Å². The molecule has 0 aliphatic heterocycles. The predicted molar refractivity (Wildman–Crippen MR) is 80.3 cm³/mol. The molecule has 0 saturated heterocycles. The van der Waals surface area contributed by atoms with Crippen LogP contribution < -0.4 is 5.32 Å². The molecule has 0 aromatic heterocycles. The van der Waals surface area contributed by atoms with Gasteiger partial charge in [0, 0.05) is 23.4 Å². The molecule has 0 aliphatic rings. The van der Waals surface area contributed by atoms with Gasteiger partial charge in [-0.1, -0.05) is 36.4 Å². The fraction of sp³-hybridized carbons (Fsp3) is 0.235. The van der Waals surface area contributed by atoms with Crippen LogP contribution in [0.4, 0.5) is 0 Å². The lowest BCUT2D eigenvalue weighted by atomic mass is 10.0. The second kappa shape index (κ2) is 5.27. The number of benzene rings is 2. The predicted octanol–water partition coefficient (Wildman–Crippen LogP) is 3.92. The maximum absolute atomic E-state index is 12.0. The fourth-order valence-electron chi connectivity index (χ4n) is 1.81. The number of ketones is 1. The number of fused-ring (bicyclic) bond motifs is 1. The van der Waals surface area contributed by atoms with Gasteiger partial charge in [0.25, 0.3) is 0 Å². The first-order chi connectivity index (χ1) is 8.96. The van der Waals surface area contributed by atoms with Gasteiger partial charge >= 0.3 is 0 Å². The van der Waals surface area contributed by atoms with Crippen LogP contribution >= 0.6 is 0 Å². The highest BCUT2D eigenvalue weighted by molar-refractivity contribution is 6.06. The van der Waals surface area contributed by atoms with E-state index in [-0.39, 0.29) is 11.3 Å². The van der Waals surface area contributed by atoms with E-state index in [0.717, 1.165) is 10.8 Å². The first-order valence-electron chi connectivity index (χ1n) is 6.43. The smallest absolute Gasteiger partial charge is 0.187 e. The highest BCUT2D eigenvalue weighted by Gasteiger charge is 2.06. The highest BCUT2D eigenvalue weighted by atomic mass is 16.1. The molecule has 0 bridgehead atoms. The Balaban J connectivity index is 2.17. The SMILES string of the molecule is CC(C)(C)N/C=C\C(=O)c1ccc2ccccc2c1. The maximum Gasteiger partial charge on any atom is 0.187 e. The molecule has 2 aromatic carbocycles. The van der Waals surface area contributed by atoms with Crippen molar-refractivity contribution in [2.24, 2.45) is 0 Å². The van der Waals surface area contributed by atoms with Crippen LogP contribution in [0, 0.1) is 0 Å². The second-order valence-corrected chi connectivity index (χ2v) is 5.65. The van der Waals surface area contributed by atoms with Gasteiger partial charge in [0.05, 0.1) is 0 Å². The van der Waals surface area contributed by atoms with Crippen LogP contribution in [-0.4, -0.2) is 11.3 Å². The van der Waals surface area contributed by atoms with Gasteiger partial charge in [-0.15, -0.1) is 0 Å². The molecule has 0 aliphatic carbocycles. The van der Waals surface area contributed by atoms with E-state index in [1.165, 1.54) is 0 Å². The Hall–Kier alpha value is -2.09. The molecule has 2 heteroatoms. The number of rotatable bonds is 3. The third-order valence-electron chi connectivity index (χ3n) is 2.79. The van der Waals surface area contributed by atoms with Gasteiger partial charge in [0.15, 0.2) is 5.78 Å². The van der Waals surface area contributed by atoms with Crippen molar-refractivity contribution in [3.05, 3.63) is 60.3 Å². The van der Waals surface area contributed by atoms with Crippen LogP contribution in [-0.2, 0) is 0 Å². The van der Waals surface area contributed by atoms with Crippen molar-refractivity contribution < 1.29 is 4.79 Å². The van der Waals surface area contributed by atoms with Crippen LogP contribution in [0.2, 0.25) is 0 Å². The van der Waals surface area contributed by atoms with E-state index in [1.807, 2.05) is 42.5 Å². The largest absolute Gasteiger partial charge is 0.386 e. The van der Waals surface area contributed by atoms with Crippen LogP contribution in [0.3, 0.4) is 0 Å². The number of carbonyl (C=O) groups is 1. The summed E-state index contributed by atoms with van der Waals surface area (Å²) in [6.45, 7) is 6.16. The van der Waals surface area contributed by atoms with E-state index >= 15 is 0 Å². The van der Waals surface area contributed by atoms with Crippen LogP contribution in [0.1, 0.15) is 31.1 Å². The Labute approximate surface area is 114 Å². The summed E-state index contributed by atoms with van der Waals surface area (Å²) in [4.78, 5) is 12.0. The third-order valence-corrected chi connectivity index (χ3v) is 2.79. The molecule has 2 rings (SSSR count). The first kappa shape index (κ1) is 13.3. The molecule has 0 radical (unpaired) electrons. The first-order valence-corrected chi connectivity index (χ1v) is 6.43. The van der Waals surface area contributed by atoms with E-state index < -0.39 is 0 Å². The fourth-order valence-corrected chi connectivity index (χ4v) is 1.81. The molecule has 0 saturated carbocycles. The summed E-state index contributed by atoms with van der Waals surface area (Å²) in [5.74, 6) is 0.0162. The number of allylic oxidation sites excluding steroid dienone is 1. The van der Waals surface area contributed by atoms with Crippen molar-refractivity contribution in [3.8, 4) is 0 Å². The van der Waals surface area contributed by atoms with Crippen LogP contribution in [0.15, 0.2) is 54.7 Å². The lowest BCUT2D eigenvalue weighted by Crippen LogP contribution is -2.31. The number of hydrogen-bond donors (Lipinski definition) is 1. The summed E-state index contributed by atoms with van der Waals surface area (Å²) in [5.41, 5.74) is 0.686. The average molecular weight is 253 g/mol. The summed E-state index contributed by atoms with van der Waals surface area (Å²) in [6.07, 6.45) is 3.30. The minimum Gasteiger partial charge on any atom is -0.386 e. The zero-order chi connectivity index (χ0) is 13.9. The normalized spacial score (nSPS) is 11.9. The molecule has 1 N–H and O–H groups in total. The monoisotopic (exact) mass is 253 g/mol. The number of carbonyl (C=O) groups excluding carboxylic acids is 1. The highest BCUT2D eigenvalue weighted by Crippen LogP contribution is 2.16. The molecule has 0 amide bonds. The van der Waals surface area contributed by atoms with E-state index in [0.29, 0.717) is 5.56 Å². The Morgan fingerprint density at radius 3 is 2.42 bits per heavy atom. The van der Waals surface area contributed by atoms with Crippen molar-refractivity contribution >= 4 is 16.6 Å². The van der Waals surface area contributed by atoms with Crippen molar-refractivity contribution in [1.82, 2.24) is 5.32 Å². The molecule has 0 fully saturated rings. The third kappa shape index (κ3) is 3.68. The lowest BCUT2D eigenvalue weighted by molar-refractivity contribution is 0.104. The van der Waals surface area contributed by atoms with Crippen molar-refractivity contribution in [1.29, 1.82) is 0 Å². The van der Waals surface area contributed by atoms with Crippen LogP contribution in [0.5, 0.6) is 0 Å². The van der Waals surface area contributed by atoms with Crippen molar-refractivity contribution in [3.63, 3.8) is 0 Å². The van der Waals surface area contributed by atoms with E-state index in [1.54, 1.807) is 12.3 Å². The Morgan fingerprint density at radius 2 is 1.74 bits per heavy atom. The topological polar surface area (TPSA) is 29.1 Å². The standard InChI is InChI=1S/C17H19NO/c1-17(2,3)18-11-10-16(19)15-9-8-13-6-4-5-7-14(13)12-15/h4-12,18H,1-3H3/b11-10-. The zero-order valence-electron chi connectivity index (χ0n) is 11.6. The quantitative estimate of drug-likeness (QED) is 0.663. The molecule has 0 unspecified atom stereocenters. The molecule has 0 heterocycles. The molecular formula is C17H19NO. The summed E-state index contributed by atoms with van der Waals surface area (Å²) < 4.78 is 0. The van der Waals surface area contributed by atoms with E-state index in [4.69, 9.17) is 0 Å². The molecule has 0 spiro atoms. The van der Waals surface area contributed by atoms with Gasteiger partial charge in [0.2, 0.25) is 0 Å². The van der Waals surface area contributed by atoms with Gasteiger partial charge in [-0.2, -0.15) is 0 Å². The average Bonchev–Trinajstić information content (AvgIpc) is 2.36. The van der Waals surface area contributed by atoms with Crippen molar-refractivity contribution in [2.75, 3.05) is 0 Å². The van der Waals surface area contributed by atoms with Gasteiger partial charge in [-0.05, 0) is 37.6 Å². The second-order valence-electron chi connectivity index (χ2n) is 5.65. The summed E-state index contributed by atoms with van der Waals surface area (Å²) in [5, 5.41) is 5.40. The molecule has 19 heavy (non-hydrogen) atoms. The van der Waals surface area contributed by atoms with Gasteiger partial charge in [0.1, 0.15) is 0 Å². The molecular weight excluding hydrogens is 234 g/mol. The maximum atomic E-state index is 12.0. The van der Waals surface area contributed by atoms with Gasteiger partial charge in [-0.3, -0.25) is 4.79 Å².